The zero-order valence-corrected chi connectivity index (χ0v) is 10.9. The molecule has 0 unspecified atom stereocenters. The van der Waals surface area contributed by atoms with Gasteiger partial charge in [-0.15, -0.1) is 11.3 Å². The lowest BCUT2D eigenvalue weighted by atomic mass is 10.2. The number of aliphatic hydroxyl groups is 1. The van der Waals surface area contributed by atoms with Crippen molar-refractivity contribution in [3.05, 3.63) is 52.1 Å². The molecule has 3 rings (SSSR count). The highest BCUT2D eigenvalue weighted by Gasteiger charge is 2.08. The second-order valence-electron chi connectivity index (χ2n) is 4.32. The molecule has 18 heavy (non-hydrogen) atoms. The molecule has 0 amide bonds. The molecule has 0 saturated carbocycles. The number of aryl methyl sites for hydroxylation is 1. The minimum atomic E-state index is 0.0730. The number of fused-ring (bicyclic) bond motifs is 1. The van der Waals surface area contributed by atoms with Crippen LogP contribution in [0, 0.1) is 6.92 Å². The van der Waals surface area contributed by atoms with E-state index in [1.165, 1.54) is 0 Å². The summed E-state index contributed by atoms with van der Waals surface area (Å²) in [5.41, 5.74) is 3.19. The minimum absolute atomic E-state index is 0.0730. The quantitative estimate of drug-likeness (QED) is 0.784. The number of thiazole rings is 1. The van der Waals surface area contributed by atoms with Crippen molar-refractivity contribution in [1.29, 1.82) is 0 Å². The Labute approximate surface area is 109 Å². The Morgan fingerprint density at radius 3 is 2.89 bits per heavy atom. The van der Waals surface area contributed by atoms with Crippen LogP contribution in [-0.2, 0) is 13.2 Å². The van der Waals surface area contributed by atoms with Gasteiger partial charge in [-0.3, -0.25) is 0 Å². The van der Waals surface area contributed by atoms with Crippen molar-refractivity contribution in [3.63, 3.8) is 0 Å². The van der Waals surface area contributed by atoms with Crippen molar-refractivity contribution >= 4 is 22.2 Å². The maximum Gasteiger partial charge on any atom is 0.0898 e. The van der Waals surface area contributed by atoms with Gasteiger partial charge in [-0.05, 0) is 13.0 Å². The molecule has 0 saturated heterocycles. The monoisotopic (exact) mass is 258 g/mol. The molecule has 0 fully saturated rings. The third-order valence-electron chi connectivity index (χ3n) is 3.04. The predicted molar refractivity (Wildman–Crippen MR) is 73.8 cm³/mol. The molecule has 0 bridgehead atoms. The number of aliphatic hydroxyl groups excluding tert-OH is 1. The lowest BCUT2D eigenvalue weighted by molar-refractivity contribution is 0.283. The molecule has 1 N–H and O–H groups in total. The maximum absolute atomic E-state index is 9.39. The Bertz CT molecular complexity index is 684. The molecule has 2 aromatic heterocycles. The molecule has 3 aromatic rings. The molecular weight excluding hydrogens is 244 g/mol. The number of nitrogens with zero attached hydrogens (tertiary/aromatic N) is 2. The normalized spacial score (nSPS) is 11.2. The average molecular weight is 258 g/mol. The first-order chi connectivity index (χ1) is 8.78. The smallest absolute Gasteiger partial charge is 0.0898 e. The third kappa shape index (κ3) is 1.94. The zero-order chi connectivity index (χ0) is 12.5. The van der Waals surface area contributed by atoms with E-state index in [1.807, 2.05) is 31.3 Å². The molecule has 4 heteroatoms. The van der Waals surface area contributed by atoms with Crippen molar-refractivity contribution in [1.82, 2.24) is 9.55 Å². The molecule has 0 aliphatic heterocycles. The molecule has 1 aromatic carbocycles. The van der Waals surface area contributed by atoms with Crippen LogP contribution >= 0.6 is 11.3 Å². The second-order valence-corrected chi connectivity index (χ2v) is 5.38. The molecule has 0 aliphatic rings. The molecule has 2 heterocycles. The van der Waals surface area contributed by atoms with Gasteiger partial charge in [0.2, 0.25) is 0 Å². The van der Waals surface area contributed by atoms with Gasteiger partial charge in [0.15, 0.2) is 0 Å². The highest BCUT2D eigenvalue weighted by atomic mass is 32.1. The van der Waals surface area contributed by atoms with Gasteiger partial charge < -0.3 is 9.67 Å². The van der Waals surface area contributed by atoms with E-state index in [2.05, 4.69) is 21.0 Å². The third-order valence-corrected chi connectivity index (χ3v) is 3.86. The van der Waals surface area contributed by atoms with Gasteiger partial charge in [0, 0.05) is 28.0 Å². The lowest BCUT2D eigenvalue weighted by Gasteiger charge is -2.02. The van der Waals surface area contributed by atoms with Crippen LogP contribution in [0.5, 0.6) is 0 Å². The summed E-state index contributed by atoms with van der Waals surface area (Å²) in [7, 11) is 0. The van der Waals surface area contributed by atoms with Gasteiger partial charge in [0.1, 0.15) is 0 Å². The van der Waals surface area contributed by atoms with E-state index >= 15 is 0 Å². The Balaban J connectivity index is 2.06. The highest BCUT2D eigenvalue weighted by Crippen LogP contribution is 2.22. The first-order valence-corrected chi connectivity index (χ1v) is 6.74. The van der Waals surface area contributed by atoms with Crippen molar-refractivity contribution < 1.29 is 5.11 Å². The van der Waals surface area contributed by atoms with Crippen LogP contribution in [0.25, 0.3) is 10.9 Å². The topological polar surface area (TPSA) is 38.0 Å². The van der Waals surface area contributed by atoms with Crippen LogP contribution in [-0.4, -0.2) is 14.7 Å². The highest BCUT2D eigenvalue weighted by molar-refractivity contribution is 7.09. The summed E-state index contributed by atoms with van der Waals surface area (Å²) in [6, 6.07) is 8.14. The van der Waals surface area contributed by atoms with Crippen LogP contribution < -0.4 is 0 Å². The summed E-state index contributed by atoms with van der Waals surface area (Å²) < 4.78 is 2.15. The van der Waals surface area contributed by atoms with E-state index < -0.39 is 0 Å². The number of aromatic nitrogens is 2. The summed E-state index contributed by atoms with van der Waals surface area (Å²) in [5.74, 6) is 0. The first kappa shape index (κ1) is 11.4. The van der Waals surface area contributed by atoms with E-state index in [0.717, 1.165) is 33.7 Å². The van der Waals surface area contributed by atoms with Crippen molar-refractivity contribution in [2.45, 2.75) is 20.1 Å². The molecule has 0 atom stereocenters. The van der Waals surface area contributed by atoms with Gasteiger partial charge in [0.25, 0.3) is 0 Å². The first-order valence-electron chi connectivity index (χ1n) is 5.86. The number of hydrogen-bond donors (Lipinski definition) is 1. The van der Waals surface area contributed by atoms with Crippen molar-refractivity contribution in [3.8, 4) is 0 Å². The van der Waals surface area contributed by atoms with E-state index in [4.69, 9.17) is 0 Å². The molecule has 92 valence electrons. The van der Waals surface area contributed by atoms with Crippen LogP contribution in [0.15, 0.2) is 35.8 Å². The number of hydrogen-bond acceptors (Lipinski definition) is 3. The average Bonchev–Trinajstić information content (AvgIpc) is 2.95. The molecular formula is C14H14N2OS. The largest absolute Gasteiger partial charge is 0.392 e. The summed E-state index contributed by atoms with van der Waals surface area (Å²) in [6.45, 7) is 2.84. The Hall–Kier alpha value is -1.65. The fourth-order valence-electron chi connectivity index (χ4n) is 2.24. The zero-order valence-electron chi connectivity index (χ0n) is 10.1. The van der Waals surface area contributed by atoms with Crippen LogP contribution in [0.3, 0.4) is 0 Å². The van der Waals surface area contributed by atoms with Gasteiger partial charge in [-0.1, -0.05) is 18.2 Å². The number of benzene rings is 1. The van der Waals surface area contributed by atoms with Crippen molar-refractivity contribution in [2.24, 2.45) is 0 Å². The lowest BCUT2D eigenvalue weighted by Crippen LogP contribution is -1.98. The number of rotatable bonds is 3. The second kappa shape index (κ2) is 4.55. The standard InChI is InChI=1S/C14H14N2OS/c1-10-15-12(9-18-10)7-16-6-11(8-17)13-4-2-3-5-14(13)16/h2-6,9,17H,7-8H2,1H3. The van der Waals surface area contributed by atoms with E-state index in [-0.39, 0.29) is 6.61 Å². The van der Waals surface area contributed by atoms with Crippen LogP contribution in [0.1, 0.15) is 16.3 Å². The van der Waals surface area contributed by atoms with E-state index in [9.17, 15) is 5.11 Å². The summed E-state index contributed by atoms with van der Waals surface area (Å²) >= 11 is 1.67. The predicted octanol–water partition coefficient (Wildman–Crippen LogP) is 2.95. The molecule has 3 nitrogen and oxygen atoms in total. The maximum atomic E-state index is 9.39. The Kier molecular flexibility index (Phi) is 2.89. The number of para-hydroxylation sites is 1. The van der Waals surface area contributed by atoms with Crippen LogP contribution in [0.4, 0.5) is 0 Å². The van der Waals surface area contributed by atoms with E-state index in [1.54, 1.807) is 11.3 Å². The SMILES string of the molecule is Cc1nc(Cn2cc(CO)c3ccccc32)cs1. The minimum Gasteiger partial charge on any atom is -0.392 e. The summed E-state index contributed by atoms with van der Waals surface area (Å²) in [6.07, 6.45) is 2.01. The fourth-order valence-corrected chi connectivity index (χ4v) is 2.84. The van der Waals surface area contributed by atoms with Gasteiger partial charge in [-0.2, -0.15) is 0 Å². The molecule has 0 radical (unpaired) electrons. The Morgan fingerprint density at radius 2 is 2.17 bits per heavy atom. The molecule has 0 spiro atoms. The van der Waals surface area contributed by atoms with E-state index in [0.29, 0.717) is 0 Å². The Morgan fingerprint density at radius 1 is 1.33 bits per heavy atom. The van der Waals surface area contributed by atoms with Gasteiger partial charge in [-0.25, -0.2) is 4.98 Å². The van der Waals surface area contributed by atoms with Crippen LogP contribution in [0.2, 0.25) is 0 Å². The summed E-state index contributed by atoms with van der Waals surface area (Å²) in [5, 5.41) is 13.7. The van der Waals surface area contributed by atoms with Gasteiger partial charge >= 0.3 is 0 Å². The van der Waals surface area contributed by atoms with Crippen molar-refractivity contribution in [2.75, 3.05) is 0 Å². The molecule has 0 aliphatic carbocycles. The fraction of sp³-hybridized carbons (Fsp3) is 0.214. The summed E-state index contributed by atoms with van der Waals surface area (Å²) in [4.78, 5) is 4.48. The van der Waals surface area contributed by atoms with Gasteiger partial charge in [0.05, 0.1) is 23.9 Å².